The second kappa shape index (κ2) is 10.4. The first-order valence-corrected chi connectivity index (χ1v) is 10.4. The van der Waals surface area contributed by atoms with Gasteiger partial charge in [0.2, 0.25) is 0 Å². The number of amides is 1. The maximum absolute atomic E-state index is 12.5. The first kappa shape index (κ1) is 21.4. The molecule has 0 spiro atoms. The summed E-state index contributed by atoms with van der Waals surface area (Å²) >= 11 is 0. The summed E-state index contributed by atoms with van der Waals surface area (Å²) in [5.74, 6) is 0. The molecular weight excluding hydrogens is 374 g/mol. The molecular formula is C18H25NO7S. The van der Waals surface area contributed by atoms with Gasteiger partial charge >= 0.3 is 6.09 Å². The van der Waals surface area contributed by atoms with Crippen LogP contribution in [0.5, 0.6) is 0 Å². The predicted molar refractivity (Wildman–Crippen MR) is 98.5 cm³/mol. The van der Waals surface area contributed by atoms with E-state index in [0.29, 0.717) is 6.42 Å². The van der Waals surface area contributed by atoms with Gasteiger partial charge in [0.25, 0.3) is 10.1 Å². The highest BCUT2D eigenvalue weighted by Crippen LogP contribution is 2.23. The van der Waals surface area contributed by atoms with Crippen molar-refractivity contribution >= 4 is 16.2 Å². The van der Waals surface area contributed by atoms with Gasteiger partial charge in [-0.2, -0.15) is 8.42 Å². The van der Waals surface area contributed by atoms with E-state index < -0.39 is 22.3 Å². The van der Waals surface area contributed by atoms with Crippen LogP contribution in [0.2, 0.25) is 0 Å². The first-order chi connectivity index (χ1) is 12.9. The van der Waals surface area contributed by atoms with Crippen LogP contribution < -0.4 is 0 Å². The predicted octanol–water partition coefficient (Wildman–Crippen LogP) is 1.31. The van der Waals surface area contributed by atoms with Crippen LogP contribution >= 0.6 is 0 Å². The van der Waals surface area contributed by atoms with Gasteiger partial charge in [-0.3, -0.25) is 4.18 Å². The summed E-state index contributed by atoms with van der Waals surface area (Å²) in [7, 11) is -3.63. The lowest BCUT2D eigenvalue weighted by Gasteiger charge is -2.23. The lowest BCUT2D eigenvalue weighted by molar-refractivity contribution is 0.0622. The third kappa shape index (κ3) is 7.67. The van der Waals surface area contributed by atoms with Crippen molar-refractivity contribution in [1.29, 1.82) is 0 Å². The molecule has 2 rings (SSSR count). The summed E-state index contributed by atoms with van der Waals surface area (Å²) in [5, 5.41) is 8.70. The fourth-order valence-electron chi connectivity index (χ4n) is 2.79. The van der Waals surface area contributed by atoms with Gasteiger partial charge < -0.3 is 19.5 Å². The number of likely N-dealkylation sites (tertiary alicyclic amines) is 1. The van der Waals surface area contributed by atoms with Crippen LogP contribution in [0, 0.1) is 0 Å². The number of aliphatic hydroxyl groups excluding tert-OH is 1. The standard InChI is InChI=1S/C18H25NO7S/c1-27(22,23)26-17-11-16(14-24-10-6-5-9-20)19(12-17)18(21)25-13-15-7-3-2-4-8-15/h2-8,16-17,20H,9-14H2,1H3/t16-,17+/m0/s1. The number of ether oxygens (including phenoxy) is 2. The fourth-order valence-corrected chi connectivity index (χ4v) is 3.42. The minimum atomic E-state index is -3.63. The van der Waals surface area contributed by atoms with Crippen molar-refractivity contribution in [2.75, 3.05) is 32.6 Å². The van der Waals surface area contributed by atoms with E-state index in [1.54, 1.807) is 12.2 Å². The van der Waals surface area contributed by atoms with E-state index in [0.717, 1.165) is 11.8 Å². The Morgan fingerprint density at radius 2 is 2.04 bits per heavy atom. The van der Waals surface area contributed by atoms with Gasteiger partial charge in [0.1, 0.15) is 6.61 Å². The Bertz CT molecular complexity index is 720. The normalized spacial score (nSPS) is 20.3. The van der Waals surface area contributed by atoms with Crippen molar-refractivity contribution in [1.82, 2.24) is 4.90 Å². The maximum Gasteiger partial charge on any atom is 0.410 e. The molecule has 1 aliphatic rings. The Hall–Kier alpha value is -1.94. The van der Waals surface area contributed by atoms with Gasteiger partial charge in [-0.1, -0.05) is 42.5 Å². The summed E-state index contributed by atoms with van der Waals surface area (Å²) in [6.45, 7) is 0.651. The molecule has 1 aromatic rings. The summed E-state index contributed by atoms with van der Waals surface area (Å²) in [6, 6.07) is 8.92. The SMILES string of the molecule is CS(=O)(=O)O[C@@H]1C[C@@H](COCC=CCO)N(C(=O)OCc2ccccc2)C1. The largest absolute Gasteiger partial charge is 0.445 e. The van der Waals surface area contributed by atoms with E-state index in [1.165, 1.54) is 4.90 Å². The lowest BCUT2D eigenvalue weighted by atomic mass is 10.2. The Balaban J connectivity index is 1.94. The van der Waals surface area contributed by atoms with Crippen molar-refractivity contribution in [3.63, 3.8) is 0 Å². The second-order valence-corrected chi connectivity index (χ2v) is 7.80. The molecule has 27 heavy (non-hydrogen) atoms. The molecule has 1 fully saturated rings. The molecule has 0 aliphatic carbocycles. The number of nitrogens with zero attached hydrogens (tertiary/aromatic N) is 1. The van der Waals surface area contributed by atoms with Crippen LogP contribution in [-0.2, 0) is 30.4 Å². The highest BCUT2D eigenvalue weighted by atomic mass is 32.2. The zero-order chi connectivity index (χ0) is 19.7. The third-order valence-corrected chi connectivity index (χ3v) is 4.54. The molecule has 150 valence electrons. The Morgan fingerprint density at radius 1 is 1.30 bits per heavy atom. The van der Waals surface area contributed by atoms with Crippen LogP contribution in [0.3, 0.4) is 0 Å². The van der Waals surface area contributed by atoms with E-state index in [2.05, 4.69) is 0 Å². The molecule has 1 aliphatic heterocycles. The molecule has 0 saturated carbocycles. The quantitative estimate of drug-likeness (QED) is 0.379. The molecule has 9 heteroatoms. The third-order valence-electron chi connectivity index (χ3n) is 3.92. The van der Waals surface area contributed by atoms with Crippen LogP contribution in [-0.4, -0.2) is 69.3 Å². The average molecular weight is 399 g/mol. The summed E-state index contributed by atoms with van der Waals surface area (Å²) in [6.07, 6.45) is 3.35. The zero-order valence-electron chi connectivity index (χ0n) is 15.2. The molecule has 8 nitrogen and oxygen atoms in total. The lowest BCUT2D eigenvalue weighted by Crippen LogP contribution is -2.39. The minimum absolute atomic E-state index is 0.0744. The molecule has 0 unspecified atom stereocenters. The monoisotopic (exact) mass is 399 g/mol. The van der Waals surface area contributed by atoms with Crippen molar-refractivity contribution in [2.45, 2.75) is 25.2 Å². The number of carbonyl (C=O) groups is 1. The molecule has 1 amide bonds. The van der Waals surface area contributed by atoms with E-state index in [1.807, 2.05) is 30.3 Å². The van der Waals surface area contributed by atoms with Crippen LogP contribution in [0.25, 0.3) is 0 Å². The van der Waals surface area contributed by atoms with Gasteiger partial charge in [0, 0.05) is 0 Å². The highest BCUT2D eigenvalue weighted by molar-refractivity contribution is 7.86. The Kier molecular flexibility index (Phi) is 8.23. The number of aliphatic hydroxyl groups is 1. The average Bonchev–Trinajstić information content (AvgIpc) is 3.01. The Labute approximate surface area is 159 Å². The molecule has 1 heterocycles. The topological polar surface area (TPSA) is 102 Å². The van der Waals surface area contributed by atoms with Gasteiger partial charge in [0.15, 0.2) is 0 Å². The maximum atomic E-state index is 12.5. The van der Waals surface area contributed by atoms with E-state index in [9.17, 15) is 13.2 Å². The van der Waals surface area contributed by atoms with Crippen LogP contribution in [0.4, 0.5) is 4.79 Å². The van der Waals surface area contributed by atoms with Crippen molar-refractivity contribution in [3.8, 4) is 0 Å². The number of carbonyl (C=O) groups excluding carboxylic acids is 1. The fraction of sp³-hybridized carbons (Fsp3) is 0.500. The second-order valence-electron chi connectivity index (χ2n) is 6.20. The number of hydrogen-bond acceptors (Lipinski definition) is 7. The number of rotatable bonds is 9. The van der Waals surface area contributed by atoms with Gasteiger partial charge in [-0.25, -0.2) is 4.79 Å². The molecule has 1 aromatic carbocycles. The van der Waals surface area contributed by atoms with E-state index in [4.69, 9.17) is 18.8 Å². The smallest absolute Gasteiger partial charge is 0.410 e. The summed E-state index contributed by atoms with van der Waals surface area (Å²) < 4.78 is 38.7. The molecule has 2 atom stereocenters. The minimum Gasteiger partial charge on any atom is -0.445 e. The van der Waals surface area contributed by atoms with Gasteiger partial charge in [-0.15, -0.1) is 0 Å². The van der Waals surface area contributed by atoms with Crippen molar-refractivity contribution in [2.24, 2.45) is 0 Å². The Morgan fingerprint density at radius 3 is 2.70 bits per heavy atom. The molecule has 0 bridgehead atoms. The van der Waals surface area contributed by atoms with E-state index in [-0.39, 0.29) is 39.0 Å². The molecule has 1 N–H and O–H groups in total. The van der Waals surface area contributed by atoms with Crippen LogP contribution in [0.1, 0.15) is 12.0 Å². The van der Waals surface area contributed by atoms with Crippen LogP contribution in [0.15, 0.2) is 42.5 Å². The van der Waals surface area contributed by atoms with Gasteiger partial charge in [-0.05, 0) is 12.0 Å². The first-order valence-electron chi connectivity index (χ1n) is 8.58. The molecule has 1 saturated heterocycles. The van der Waals surface area contributed by atoms with E-state index >= 15 is 0 Å². The number of hydrogen-bond donors (Lipinski definition) is 1. The summed E-state index contributed by atoms with van der Waals surface area (Å²) in [5.41, 5.74) is 0.857. The van der Waals surface area contributed by atoms with Gasteiger partial charge in [0.05, 0.1) is 44.8 Å². The number of benzene rings is 1. The summed E-state index contributed by atoms with van der Waals surface area (Å²) in [4.78, 5) is 13.9. The molecule has 0 radical (unpaired) electrons. The highest BCUT2D eigenvalue weighted by Gasteiger charge is 2.38. The zero-order valence-corrected chi connectivity index (χ0v) is 16.0. The van der Waals surface area contributed by atoms with Crippen molar-refractivity contribution < 1.29 is 32.0 Å². The van der Waals surface area contributed by atoms with Crippen molar-refractivity contribution in [3.05, 3.63) is 48.0 Å². The molecule has 0 aromatic heterocycles.